The van der Waals surface area contributed by atoms with Crippen LogP contribution >= 0.6 is 12.2 Å². The van der Waals surface area contributed by atoms with Gasteiger partial charge in [-0.05, 0) is 17.7 Å². The van der Waals surface area contributed by atoms with Crippen molar-refractivity contribution in [1.29, 1.82) is 0 Å². The van der Waals surface area contributed by atoms with Gasteiger partial charge in [-0.25, -0.2) is 4.39 Å². The van der Waals surface area contributed by atoms with Crippen LogP contribution in [0.2, 0.25) is 0 Å². The second-order valence-corrected chi connectivity index (χ2v) is 3.62. The molecule has 1 aliphatic rings. The van der Waals surface area contributed by atoms with Crippen LogP contribution in [0.25, 0.3) is 0 Å². The molecule has 1 atom stereocenters. The molecule has 1 aromatic rings. The smallest absolute Gasteiger partial charge is 0.127 e. The van der Waals surface area contributed by atoms with Crippen molar-refractivity contribution in [1.82, 2.24) is 0 Å². The van der Waals surface area contributed by atoms with E-state index < -0.39 is 0 Å². The molecule has 0 fully saturated rings. The second-order valence-electron chi connectivity index (χ2n) is 3.15. The molecule has 0 aromatic heterocycles. The molecule has 0 spiro atoms. The van der Waals surface area contributed by atoms with E-state index in [-0.39, 0.29) is 11.7 Å². The Bertz CT molecular complexity index is 418. The summed E-state index contributed by atoms with van der Waals surface area (Å²) in [7, 11) is 0. The highest BCUT2D eigenvalue weighted by Crippen LogP contribution is 2.24. The maximum Gasteiger partial charge on any atom is 0.127 e. The van der Waals surface area contributed by atoms with Gasteiger partial charge < -0.3 is 0 Å². The third-order valence-electron chi connectivity index (χ3n) is 2.22. The molecular weight excluding hydrogens is 195 g/mol. The average Bonchev–Trinajstić information content (AvgIpc) is 2.20. The normalized spacial score (nSPS) is 20.1. The minimum Gasteiger partial charge on any atom is -0.207 e. The van der Waals surface area contributed by atoms with Gasteiger partial charge in [-0.2, -0.15) is 0 Å². The van der Waals surface area contributed by atoms with E-state index in [0.717, 1.165) is 4.86 Å². The van der Waals surface area contributed by atoms with Crippen molar-refractivity contribution in [3.63, 3.8) is 0 Å². The summed E-state index contributed by atoms with van der Waals surface area (Å²) in [6.07, 6.45) is 7.53. The van der Waals surface area contributed by atoms with Crippen LogP contribution in [0.4, 0.5) is 4.39 Å². The SMILES string of the molecule is Fc1ccccc1C1C=CC=CC1=S. The van der Waals surface area contributed by atoms with E-state index in [4.69, 9.17) is 12.2 Å². The Kier molecular flexibility index (Phi) is 2.55. The van der Waals surface area contributed by atoms with Crippen LogP contribution in [0.3, 0.4) is 0 Å². The lowest BCUT2D eigenvalue weighted by Gasteiger charge is -2.15. The van der Waals surface area contributed by atoms with E-state index in [1.165, 1.54) is 6.07 Å². The zero-order valence-corrected chi connectivity index (χ0v) is 8.30. The van der Waals surface area contributed by atoms with Gasteiger partial charge in [0.25, 0.3) is 0 Å². The van der Waals surface area contributed by atoms with Gasteiger partial charge in [0.15, 0.2) is 0 Å². The van der Waals surface area contributed by atoms with Crippen molar-refractivity contribution in [2.45, 2.75) is 5.92 Å². The molecule has 14 heavy (non-hydrogen) atoms. The fourth-order valence-corrected chi connectivity index (χ4v) is 1.79. The topological polar surface area (TPSA) is 0 Å². The molecule has 0 aliphatic heterocycles. The summed E-state index contributed by atoms with van der Waals surface area (Å²) in [4.78, 5) is 0.762. The van der Waals surface area contributed by atoms with Crippen LogP contribution in [0.1, 0.15) is 11.5 Å². The molecule has 1 unspecified atom stereocenters. The van der Waals surface area contributed by atoms with E-state index in [1.807, 2.05) is 30.4 Å². The maximum atomic E-state index is 13.4. The standard InChI is InChI=1S/C12H9FS/c13-11-7-3-1-5-9(11)10-6-2-4-8-12(10)14/h1-8,10H. The maximum absolute atomic E-state index is 13.4. The first-order chi connectivity index (χ1) is 6.79. The first-order valence-corrected chi connectivity index (χ1v) is 4.83. The molecule has 0 saturated carbocycles. The molecule has 0 saturated heterocycles. The molecule has 2 rings (SSSR count). The minimum atomic E-state index is -0.195. The molecule has 1 aromatic carbocycles. The Hall–Kier alpha value is -1.28. The molecule has 0 amide bonds. The number of hydrogen-bond acceptors (Lipinski definition) is 1. The van der Waals surface area contributed by atoms with Crippen LogP contribution < -0.4 is 0 Å². The molecule has 1 aliphatic carbocycles. The third-order valence-corrected chi connectivity index (χ3v) is 2.61. The van der Waals surface area contributed by atoms with Crippen LogP contribution in [0.15, 0.2) is 48.6 Å². The number of benzene rings is 1. The van der Waals surface area contributed by atoms with Gasteiger partial charge in [-0.3, -0.25) is 0 Å². The largest absolute Gasteiger partial charge is 0.207 e. The number of hydrogen-bond donors (Lipinski definition) is 0. The third kappa shape index (κ3) is 1.66. The van der Waals surface area contributed by atoms with Crippen LogP contribution in [-0.4, -0.2) is 4.86 Å². The molecule has 0 radical (unpaired) electrons. The van der Waals surface area contributed by atoms with Crippen molar-refractivity contribution in [3.8, 4) is 0 Å². The molecule has 0 N–H and O–H groups in total. The molecule has 0 nitrogen and oxygen atoms in total. The van der Waals surface area contributed by atoms with Crippen LogP contribution in [0.5, 0.6) is 0 Å². The zero-order valence-electron chi connectivity index (χ0n) is 7.48. The summed E-state index contributed by atoms with van der Waals surface area (Å²) in [5.74, 6) is -0.281. The van der Waals surface area contributed by atoms with Crippen LogP contribution in [0, 0.1) is 5.82 Å². The summed E-state index contributed by atoms with van der Waals surface area (Å²) in [6, 6.07) is 6.75. The monoisotopic (exact) mass is 204 g/mol. The first kappa shape index (κ1) is 9.28. The van der Waals surface area contributed by atoms with Crippen molar-refractivity contribution in [2.75, 3.05) is 0 Å². The fraction of sp³-hybridized carbons (Fsp3) is 0.0833. The number of halogens is 1. The number of thiocarbonyl (C=S) groups is 1. The van der Waals surface area contributed by atoms with Gasteiger partial charge in [-0.1, -0.05) is 48.6 Å². The summed E-state index contributed by atoms with van der Waals surface area (Å²) in [5, 5.41) is 0. The fourth-order valence-electron chi connectivity index (χ4n) is 1.51. The van der Waals surface area contributed by atoms with Crippen molar-refractivity contribution in [2.24, 2.45) is 0 Å². The van der Waals surface area contributed by atoms with Gasteiger partial charge in [0.2, 0.25) is 0 Å². The van der Waals surface area contributed by atoms with E-state index >= 15 is 0 Å². The van der Waals surface area contributed by atoms with Gasteiger partial charge in [0.05, 0.1) is 0 Å². The predicted molar refractivity (Wildman–Crippen MR) is 60.0 cm³/mol. The van der Waals surface area contributed by atoms with Crippen molar-refractivity contribution in [3.05, 3.63) is 60.0 Å². The molecule has 2 heteroatoms. The average molecular weight is 204 g/mol. The lowest BCUT2D eigenvalue weighted by molar-refractivity contribution is 0.612. The molecular formula is C12H9FS. The quantitative estimate of drug-likeness (QED) is 0.632. The van der Waals surface area contributed by atoms with Gasteiger partial charge in [0, 0.05) is 10.8 Å². The predicted octanol–water partition coefficient (Wildman–Crippen LogP) is 3.41. The van der Waals surface area contributed by atoms with Crippen molar-refractivity contribution >= 4 is 17.1 Å². The van der Waals surface area contributed by atoms with E-state index in [9.17, 15) is 4.39 Å². The Morgan fingerprint density at radius 3 is 2.64 bits per heavy atom. The Labute approximate surface area is 87.8 Å². The van der Waals surface area contributed by atoms with E-state index in [2.05, 4.69) is 0 Å². The Morgan fingerprint density at radius 1 is 1.14 bits per heavy atom. The lowest BCUT2D eigenvalue weighted by atomic mass is 9.92. The summed E-state index contributed by atoms with van der Waals surface area (Å²) in [5.41, 5.74) is 0.651. The van der Waals surface area contributed by atoms with Gasteiger partial charge in [-0.15, -0.1) is 0 Å². The number of rotatable bonds is 1. The van der Waals surface area contributed by atoms with Crippen LogP contribution in [-0.2, 0) is 0 Å². The Morgan fingerprint density at radius 2 is 1.93 bits per heavy atom. The summed E-state index contributed by atoms with van der Waals surface area (Å²) in [6.45, 7) is 0. The van der Waals surface area contributed by atoms with E-state index in [0.29, 0.717) is 5.56 Å². The highest BCUT2D eigenvalue weighted by Gasteiger charge is 2.16. The first-order valence-electron chi connectivity index (χ1n) is 4.42. The molecule has 0 bridgehead atoms. The Balaban J connectivity index is 2.41. The summed E-state index contributed by atoms with van der Waals surface area (Å²) >= 11 is 5.16. The van der Waals surface area contributed by atoms with Crippen molar-refractivity contribution < 1.29 is 4.39 Å². The lowest BCUT2D eigenvalue weighted by Crippen LogP contribution is -2.09. The second kappa shape index (κ2) is 3.84. The molecule has 70 valence electrons. The minimum absolute atomic E-state index is 0.0869. The number of allylic oxidation sites excluding steroid dienone is 4. The van der Waals surface area contributed by atoms with E-state index in [1.54, 1.807) is 12.1 Å². The highest BCUT2D eigenvalue weighted by molar-refractivity contribution is 7.80. The zero-order chi connectivity index (χ0) is 9.97. The van der Waals surface area contributed by atoms with Gasteiger partial charge in [0.1, 0.15) is 5.82 Å². The van der Waals surface area contributed by atoms with Gasteiger partial charge >= 0.3 is 0 Å². The highest BCUT2D eigenvalue weighted by atomic mass is 32.1. The summed E-state index contributed by atoms with van der Waals surface area (Å²) < 4.78 is 13.4. The molecule has 0 heterocycles.